The first kappa shape index (κ1) is 21.5. The van der Waals surface area contributed by atoms with Crippen LogP contribution in [-0.2, 0) is 16.1 Å². The van der Waals surface area contributed by atoms with Gasteiger partial charge in [-0.15, -0.1) is 0 Å². The largest absolute Gasteiger partial charge is 0.383 e. The summed E-state index contributed by atoms with van der Waals surface area (Å²) in [6.07, 6.45) is 0. The van der Waals surface area contributed by atoms with E-state index in [0.717, 1.165) is 0 Å². The molecule has 30 heavy (non-hydrogen) atoms. The van der Waals surface area contributed by atoms with Crippen molar-refractivity contribution >= 4 is 40.0 Å². The normalized spacial score (nSPS) is 10.8. The molecule has 2 N–H and O–H groups in total. The molecule has 0 spiro atoms. The second-order valence-corrected chi connectivity index (χ2v) is 6.97. The SMILES string of the molecule is COCCNC(=O)c1ccc(NC(=O)Cn2c(C)nc3ccccc3c2=O)cc1Cl. The standard InChI is InChI=1S/C21H21ClN4O4/c1-13-24-18-6-4-3-5-16(18)21(29)26(13)12-19(27)25-14-7-8-15(17(22)11-14)20(28)23-9-10-30-2/h3-8,11H,9-10,12H2,1-2H3,(H,23,28)(H,25,27). The Morgan fingerprint density at radius 1 is 1.20 bits per heavy atom. The molecule has 3 aromatic rings. The fourth-order valence-corrected chi connectivity index (χ4v) is 3.21. The third-order valence-electron chi connectivity index (χ3n) is 4.44. The van der Waals surface area contributed by atoms with Gasteiger partial charge in [0.1, 0.15) is 12.4 Å². The zero-order valence-electron chi connectivity index (χ0n) is 16.6. The second kappa shape index (κ2) is 9.51. The number of benzene rings is 2. The Balaban J connectivity index is 1.73. The summed E-state index contributed by atoms with van der Waals surface area (Å²) in [6.45, 7) is 2.23. The molecule has 1 heterocycles. The predicted octanol–water partition coefficient (Wildman–Crippen LogP) is 2.37. The number of methoxy groups -OCH3 is 1. The molecule has 0 atom stereocenters. The van der Waals surface area contributed by atoms with Gasteiger partial charge in [0.2, 0.25) is 5.91 Å². The highest BCUT2D eigenvalue weighted by Gasteiger charge is 2.14. The predicted molar refractivity (Wildman–Crippen MR) is 115 cm³/mol. The Bertz CT molecular complexity index is 1160. The lowest BCUT2D eigenvalue weighted by atomic mass is 10.2. The van der Waals surface area contributed by atoms with Crippen molar-refractivity contribution in [1.29, 1.82) is 0 Å². The number of nitrogens with zero attached hydrogens (tertiary/aromatic N) is 2. The van der Waals surface area contributed by atoms with E-state index in [-0.39, 0.29) is 28.6 Å². The summed E-state index contributed by atoms with van der Waals surface area (Å²) in [4.78, 5) is 41.7. The highest BCUT2D eigenvalue weighted by atomic mass is 35.5. The van der Waals surface area contributed by atoms with E-state index in [4.69, 9.17) is 16.3 Å². The number of carbonyl (C=O) groups excluding carboxylic acids is 2. The van der Waals surface area contributed by atoms with E-state index >= 15 is 0 Å². The fraction of sp³-hybridized carbons (Fsp3) is 0.238. The number of aryl methyl sites for hydroxylation is 1. The van der Waals surface area contributed by atoms with Crippen LogP contribution < -0.4 is 16.2 Å². The van der Waals surface area contributed by atoms with Crippen molar-refractivity contribution in [2.45, 2.75) is 13.5 Å². The van der Waals surface area contributed by atoms with Crippen LogP contribution in [0.2, 0.25) is 5.02 Å². The number of anilines is 1. The summed E-state index contributed by atoms with van der Waals surface area (Å²) in [6, 6.07) is 11.6. The summed E-state index contributed by atoms with van der Waals surface area (Å²) in [7, 11) is 1.54. The Morgan fingerprint density at radius 2 is 1.97 bits per heavy atom. The van der Waals surface area contributed by atoms with E-state index in [1.54, 1.807) is 44.4 Å². The van der Waals surface area contributed by atoms with Crippen LogP contribution in [0.5, 0.6) is 0 Å². The number of rotatable bonds is 7. The van der Waals surface area contributed by atoms with E-state index in [1.165, 1.54) is 16.7 Å². The van der Waals surface area contributed by atoms with Crippen LogP contribution in [0.25, 0.3) is 10.9 Å². The van der Waals surface area contributed by atoms with E-state index in [9.17, 15) is 14.4 Å². The highest BCUT2D eigenvalue weighted by Crippen LogP contribution is 2.21. The fourth-order valence-electron chi connectivity index (χ4n) is 2.95. The van der Waals surface area contributed by atoms with Gasteiger partial charge in [0.25, 0.3) is 11.5 Å². The van der Waals surface area contributed by atoms with Gasteiger partial charge in [0.15, 0.2) is 0 Å². The quantitative estimate of drug-likeness (QED) is 0.562. The molecule has 0 unspecified atom stereocenters. The summed E-state index contributed by atoms with van der Waals surface area (Å²) < 4.78 is 6.20. The minimum atomic E-state index is -0.411. The first-order valence-corrected chi connectivity index (χ1v) is 9.61. The minimum absolute atomic E-state index is 0.195. The molecule has 156 valence electrons. The Labute approximate surface area is 177 Å². The smallest absolute Gasteiger partial charge is 0.261 e. The first-order valence-electron chi connectivity index (χ1n) is 9.23. The number of nitrogens with one attached hydrogen (secondary N) is 2. The maximum absolute atomic E-state index is 12.7. The van der Waals surface area contributed by atoms with Gasteiger partial charge in [-0.2, -0.15) is 0 Å². The maximum Gasteiger partial charge on any atom is 0.261 e. The number of para-hydroxylation sites is 1. The second-order valence-electron chi connectivity index (χ2n) is 6.56. The van der Waals surface area contributed by atoms with Gasteiger partial charge < -0.3 is 15.4 Å². The monoisotopic (exact) mass is 428 g/mol. The van der Waals surface area contributed by atoms with Crippen LogP contribution in [-0.4, -0.2) is 41.6 Å². The minimum Gasteiger partial charge on any atom is -0.383 e. The molecule has 2 amide bonds. The maximum atomic E-state index is 12.7. The number of hydrogen-bond acceptors (Lipinski definition) is 5. The van der Waals surface area contributed by atoms with Gasteiger partial charge in [-0.1, -0.05) is 23.7 Å². The molecule has 0 bridgehead atoms. The van der Waals surface area contributed by atoms with Crippen molar-refractivity contribution in [3.8, 4) is 0 Å². The van der Waals surface area contributed by atoms with E-state index in [2.05, 4.69) is 15.6 Å². The van der Waals surface area contributed by atoms with E-state index < -0.39 is 5.91 Å². The number of carbonyl (C=O) groups is 2. The number of amides is 2. The lowest BCUT2D eigenvalue weighted by Crippen LogP contribution is -2.30. The van der Waals surface area contributed by atoms with Gasteiger partial charge in [0.05, 0.1) is 28.1 Å². The Hall–Kier alpha value is -3.23. The van der Waals surface area contributed by atoms with Crippen LogP contribution in [0.15, 0.2) is 47.3 Å². The lowest BCUT2D eigenvalue weighted by molar-refractivity contribution is -0.116. The highest BCUT2D eigenvalue weighted by molar-refractivity contribution is 6.34. The number of fused-ring (bicyclic) bond motifs is 1. The molecule has 0 radical (unpaired) electrons. The number of halogens is 1. The topological polar surface area (TPSA) is 102 Å². The lowest BCUT2D eigenvalue weighted by Gasteiger charge is -2.12. The molecule has 1 aromatic heterocycles. The molecular weight excluding hydrogens is 408 g/mol. The van der Waals surface area contributed by atoms with Gasteiger partial charge in [0, 0.05) is 19.3 Å². The molecule has 3 rings (SSSR count). The third-order valence-corrected chi connectivity index (χ3v) is 4.76. The molecule has 0 saturated carbocycles. The van der Waals surface area contributed by atoms with Crippen LogP contribution >= 0.6 is 11.6 Å². The van der Waals surface area contributed by atoms with Gasteiger partial charge in [-0.3, -0.25) is 19.0 Å². The van der Waals surface area contributed by atoms with Gasteiger partial charge >= 0.3 is 0 Å². The average Bonchev–Trinajstić information content (AvgIpc) is 2.71. The van der Waals surface area contributed by atoms with Crippen molar-refractivity contribution in [1.82, 2.24) is 14.9 Å². The van der Waals surface area contributed by atoms with Crippen LogP contribution in [0.1, 0.15) is 16.2 Å². The number of aromatic nitrogens is 2. The van der Waals surface area contributed by atoms with Gasteiger partial charge in [-0.05, 0) is 37.3 Å². The summed E-state index contributed by atoms with van der Waals surface area (Å²) >= 11 is 6.19. The molecule has 8 nitrogen and oxygen atoms in total. The molecule has 0 aliphatic rings. The average molecular weight is 429 g/mol. The van der Waals surface area contributed by atoms with Crippen LogP contribution in [0.4, 0.5) is 5.69 Å². The van der Waals surface area contributed by atoms with Crippen molar-refractivity contribution < 1.29 is 14.3 Å². The molecular formula is C21H21ClN4O4. The number of hydrogen-bond donors (Lipinski definition) is 2. The molecule has 0 aliphatic heterocycles. The summed E-state index contributed by atoms with van der Waals surface area (Å²) in [5.74, 6) is -0.306. The third kappa shape index (κ3) is 4.84. The molecule has 0 fully saturated rings. The zero-order valence-corrected chi connectivity index (χ0v) is 17.3. The van der Waals surface area contributed by atoms with Crippen molar-refractivity contribution in [3.63, 3.8) is 0 Å². The Morgan fingerprint density at radius 3 is 2.70 bits per heavy atom. The molecule has 0 saturated heterocycles. The van der Waals surface area contributed by atoms with Crippen LogP contribution in [0, 0.1) is 6.92 Å². The van der Waals surface area contributed by atoms with E-state index in [0.29, 0.717) is 35.6 Å². The van der Waals surface area contributed by atoms with Crippen molar-refractivity contribution in [2.24, 2.45) is 0 Å². The summed E-state index contributed by atoms with van der Waals surface area (Å²) in [5.41, 5.74) is 1.01. The Kier molecular flexibility index (Phi) is 6.81. The van der Waals surface area contributed by atoms with Crippen molar-refractivity contribution in [3.05, 3.63) is 69.2 Å². The zero-order chi connectivity index (χ0) is 21.7. The van der Waals surface area contributed by atoms with Crippen molar-refractivity contribution in [2.75, 3.05) is 25.6 Å². The molecule has 9 heteroatoms. The van der Waals surface area contributed by atoms with Gasteiger partial charge in [-0.25, -0.2) is 4.98 Å². The summed E-state index contributed by atoms with van der Waals surface area (Å²) in [5, 5.41) is 6.01. The van der Waals surface area contributed by atoms with E-state index in [1.807, 2.05) is 0 Å². The molecule has 0 aliphatic carbocycles. The van der Waals surface area contributed by atoms with Crippen LogP contribution in [0.3, 0.4) is 0 Å². The molecule has 2 aromatic carbocycles. The number of ether oxygens (including phenoxy) is 1. The first-order chi connectivity index (χ1) is 14.4.